The number of benzene rings is 1. The molecule has 0 radical (unpaired) electrons. The summed E-state index contributed by atoms with van der Waals surface area (Å²) in [6.45, 7) is 0. The molecule has 102 valence electrons. The van der Waals surface area contributed by atoms with Crippen LogP contribution in [-0.2, 0) is 6.42 Å². The standard InChI is InChI=1S/C15H19NO3/c17-13-8-6-10-11(15(13)19)5-7-12(14(10)18)16-9-3-1-2-4-9/h6-9,14,16-19H,1-5H2. The van der Waals surface area contributed by atoms with Gasteiger partial charge in [0.2, 0.25) is 0 Å². The molecule has 2 aliphatic carbocycles. The van der Waals surface area contributed by atoms with E-state index in [-0.39, 0.29) is 11.5 Å². The fraction of sp³-hybridized carbons (Fsp3) is 0.467. The van der Waals surface area contributed by atoms with E-state index in [0.717, 1.165) is 18.5 Å². The van der Waals surface area contributed by atoms with Gasteiger partial charge in [0.05, 0.1) is 0 Å². The molecule has 4 nitrogen and oxygen atoms in total. The Labute approximate surface area is 112 Å². The van der Waals surface area contributed by atoms with E-state index in [1.165, 1.54) is 18.9 Å². The zero-order chi connectivity index (χ0) is 13.4. The summed E-state index contributed by atoms with van der Waals surface area (Å²) in [6, 6.07) is 3.56. The molecule has 0 amide bonds. The molecule has 0 bridgehead atoms. The van der Waals surface area contributed by atoms with Crippen molar-refractivity contribution in [2.75, 3.05) is 0 Å². The normalized spacial score (nSPS) is 23.0. The van der Waals surface area contributed by atoms with Crippen molar-refractivity contribution in [3.63, 3.8) is 0 Å². The SMILES string of the molecule is Oc1ccc2c(c1O)CC=C(NC1CCCC1)C2O. The van der Waals surface area contributed by atoms with Crippen molar-refractivity contribution in [2.45, 2.75) is 44.2 Å². The van der Waals surface area contributed by atoms with Crippen LogP contribution in [0.15, 0.2) is 23.9 Å². The molecule has 2 aliphatic rings. The third-order valence-electron chi connectivity index (χ3n) is 4.14. The average Bonchev–Trinajstić information content (AvgIpc) is 2.90. The summed E-state index contributed by atoms with van der Waals surface area (Å²) in [6.07, 6.45) is 6.48. The highest BCUT2D eigenvalue weighted by molar-refractivity contribution is 5.53. The topological polar surface area (TPSA) is 72.7 Å². The Kier molecular flexibility index (Phi) is 3.11. The lowest BCUT2D eigenvalue weighted by Crippen LogP contribution is -2.30. The van der Waals surface area contributed by atoms with Crippen molar-refractivity contribution in [2.24, 2.45) is 0 Å². The largest absolute Gasteiger partial charge is 0.504 e. The Morgan fingerprint density at radius 2 is 1.84 bits per heavy atom. The lowest BCUT2D eigenvalue weighted by molar-refractivity contribution is 0.198. The van der Waals surface area contributed by atoms with Crippen LogP contribution in [0.2, 0.25) is 0 Å². The lowest BCUT2D eigenvalue weighted by Gasteiger charge is -2.27. The zero-order valence-electron chi connectivity index (χ0n) is 10.8. The Morgan fingerprint density at radius 1 is 1.11 bits per heavy atom. The molecule has 1 atom stereocenters. The van der Waals surface area contributed by atoms with Gasteiger partial charge in [0, 0.05) is 17.3 Å². The first-order valence-electron chi connectivity index (χ1n) is 6.85. The number of aliphatic hydroxyl groups is 1. The van der Waals surface area contributed by atoms with Gasteiger partial charge in [-0.2, -0.15) is 0 Å². The molecule has 1 fully saturated rings. The minimum atomic E-state index is -0.740. The van der Waals surface area contributed by atoms with Gasteiger partial charge < -0.3 is 20.6 Å². The van der Waals surface area contributed by atoms with Crippen LogP contribution < -0.4 is 5.32 Å². The molecule has 1 unspecified atom stereocenters. The third kappa shape index (κ3) is 2.16. The second-order valence-corrected chi connectivity index (χ2v) is 5.39. The molecule has 3 rings (SSSR count). The predicted molar refractivity (Wildman–Crippen MR) is 71.9 cm³/mol. The quantitative estimate of drug-likeness (QED) is 0.615. The Balaban J connectivity index is 1.84. The Bertz CT molecular complexity index is 518. The van der Waals surface area contributed by atoms with Crippen molar-refractivity contribution in [1.29, 1.82) is 0 Å². The fourth-order valence-corrected chi connectivity index (χ4v) is 3.05. The number of rotatable bonds is 2. The summed E-state index contributed by atoms with van der Waals surface area (Å²) in [7, 11) is 0. The number of fused-ring (bicyclic) bond motifs is 1. The zero-order valence-corrected chi connectivity index (χ0v) is 10.8. The van der Waals surface area contributed by atoms with E-state index in [0.29, 0.717) is 23.6 Å². The average molecular weight is 261 g/mol. The molecule has 0 aliphatic heterocycles. The van der Waals surface area contributed by atoms with Crippen LogP contribution in [0.5, 0.6) is 11.5 Å². The number of phenolic OH excluding ortho intramolecular Hbond substituents is 2. The van der Waals surface area contributed by atoms with Crippen LogP contribution in [0.3, 0.4) is 0 Å². The van der Waals surface area contributed by atoms with Crippen molar-refractivity contribution >= 4 is 0 Å². The molecule has 1 saturated carbocycles. The Morgan fingerprint density at radius 3 is 2.58 bits per heavy atom. The van der Waals surface area contributed by atoms with Gasteiger partial charge in [-0.15, -0.1) is 0 Å². The maximum Gasteiger partial charge on any atom is 0.161 e. The number of allylic oxidation sites excluding steroid dienone is 1. The molecule has 0 saturated heterocycles. The van der Waals surface area contributed by atoms with E-state index in [2.05, 4.69) is 5.32 Å². The molecule has 19 heavy (non-hydrogen) atoms. The number of aliphatic hydroxyl groups excluding tert-OH is 1. The van der Waals surface area contributed by atoms with Crippen molar-refractivity contribution in [1.82, 2.24) is 5.32 Å². The van der Waals surface area contributed by atoms with Gasteiger partial charge in [-0.25, -0.2) is 0 Å². The Hall–Kier alpha value is -1.68. The van der Waals surface area contributed by atoms with Gasteiger partial charge in [0.25, 0.3) is 0 Å². The maximum atomic E-state index is 10.4. The number of aromatic hydroxyl groups is 2. The fourth-order valence-electron chi connectivity index (χ4n) is 3.05. The molecule has 1 aromatic rings. The van der Waals surface area contributed by atoms with Crippen molar-refractivity contribution in [3.8, 4) is 11.5 Å². The summed E-state index contributed by atoms with van der Waals surface area (Å²) in [4.78, 5) is 0. The van der Waals surface area contributed by atoms with Gasteiger partial charge in [-0.1, -0.05) is 25.0 Å². The van der Waals surface area contributed by atoms with Crippen molar-refractivity contribution in [3.05, 3.63) is 35.0 Å². The minimum absolute atomic E-state index is 0.118. The van der Waals surface area contributed by atoms with E-state index >= 15 is 0 Å². The van der Waals surface area contributed by atoms with E-state index in [9.17, 15) is 15.3 Å². The third-order valence-corrected chi connectivity index (χ3v) is 4.14. The van der Waals surface area contributed by atoms with E-state index in [4.69, 9.17) is 0 Å². The van der Waals surface area contributed by atoms with E-state index < -0.39 is 6.10 Å². The minimum Gasteiger partial charge on any atom is -0.504 e. The lowest BCUT2D eigenvalue weighted by atomic mass is 9.91. The van der Waals surface area contributed by atoms with Gasteiger partial charge in [-0.3, -0.25) is 0 Å². The molecular formula is C15H19NO3. The van der Waals surface area contributed by atoms with Gasteiger partial charge in [0.1, 0.15) is 6.10 Å². The molecule has 1 aromatic carbocycles. The molecule has 0 heterocycles. The van der Waals surface area contributed by atoms with Crippen LogP contribution in [0.4, 0.5) is 0 Å². The molecular weight excluding hydrogens is 242 g/mol. The first-order valence-corrected chi connectivity index (χ1v) is 6.85. The first-order chi connectivity index (χ1) is 9.16. The summed E-state index contributed by atoms with van der Waals surface area (Å²) < 4.78 is 0. The highest BCUT2D eigenvalue weighted by Crippen LogP contribution is 2.39. The van der Waals surface area contributed by atoms with Gasteiger partial charge in [0.15, 0.2) is 11.5 Å². The molecule has 4 N–H and O–H groups in total. The van der Waals surface area contributed by atoms with Crippen LogP contribution in [0.25, 0.3) is 0 Å². The maximum absolute atomic E-state index is 10.4. The van der Waals surface area contributed by atoms with Crippen LogP contribution in [-0.4, -0.2) is 21.4 Å². The van der Waals surface area contributed by atoms with E-state index in [1.54, 1.807) is 6.07 Å². The van der Waals surface area contributed by atoms with E-state index in [1.807, 2.05) is 6.08 Å². The van der Waals surface area contributed by atoms with Crippen LogP contribution in [0, 0.1) is 0 Å². The highest BCUT2D eigenvalue weighted by Gasteiger charge is 2.26. The number of hydrogen-bond acceptors (Lipinski definition) is 4. The molecule has 4 heteroatoms. The summed E-state index contributed by atoms with van der Waals surface area (Å²) in [5.74, 6) is -0.251. The highest BCUT2D eigenvalue weighted by atomic mass is 16.3. The van der Waals surface area contributed by atoms with Gasteiger partial charge in [-0.05, 0) is 30.9 Å². The van der Waals surface area contributed by atoms with Gasteiger partial charge >= 0.3 is 0 Å². The summed E-state index contributed by atoms with van der Waals surface area (Å²) in [5, 5.41) is 33.1. The number of phenols is 2. The second kappa shape index (κ2) is 4.78. The summed E-state index contributed by atoms with van der Waals surface area (Å²) in [5.41, 5.74) is 2.12. The monoisotopic (exact) mass is 261 g/mol. The molecule has 0 spiro atoms. The smallest absolute Gasteiger partial charge is 0.161 e. The van der Waals surface area contributed by atoms with Crippen molar-refractivity contribution < 1.29 is 15.3 Å². The summed E-state index contributed by atoms with van der Waals surface area (Å²) >= 11 is 0. The number of nitrogens with one attached hydrogen (secondary N) is 1. The van der Waals surface area contributed by atoms with Crippen LogP contribution in [0.1, 0.15) is 42.9 Å². The predicted octanol–water partition coefficient (Wildman–Crippen LogP) is 2.10. The number of hydrogen-bond donors (Lipinski definition) is 4. The second-order valence-electron chi connectivity index (χ2n) is 5.39. The molecule has 0 aromatic heterocycles. The first kappa shape index (κ1) is 12.4. The van der Waals surface area contributed by atoms with Crippen LogP contribution >= 0.6 is 0 Å².